The fourth-order valence-electron chi connectivity index (χ4n) is 4.48. The van der Waals surface area contributed by atoms with Crippen molar-refractivity contribution in [2.45, 2.75) is 45.3 Å². The van der Waals surface area contributed by atoms with Gasteiger partial charge in [0.25, 0.3) is 11.7 Å². The Morgan fingerprint density at radius 3 is 2.76 bits per heavy atom. The molecule has 180 valence electrons. The van der Waals surface area contributed by atoms with Crippen molar-refractivity contribution in [1.29, 1.82) is 0 Å². The number of Topliss-reactive ketones (excluding diaryl/α,β-unsaturated/α-hetero) is 1. The Balaban J connectivity index is 1.77. The molecule has 1 N–H and O–H groups in total. The van der Waals surface area contributed by atoms with Crippen molar-refractivity contribution in [1.82, 2.24) is 4.90 Å². The molecule has 1 amide bonds. The van der Waals surface area contributed by atoms with E-state index >= 15 is 0 Å². The van der Waals surface area contributed by atoms with Gasteiger partial charge in [-0.15, -0.1) is 0 Å². The molecule has 2 aromatic carbocycles. The van der Waals surface area contributed by atoms with E-state index in [1.54, 1.807) is 19.2 Å². The number of ether oxygens (including phenoxy) is 3. The van der Waals surface area contributed by atoms with Crippen LogP contribution in [-0.4, -0.2) is 54.7 Å². The summed E-state index contributed by atoms with van der Waals surface area (Å²) in [6.45, 7) is 5.15. The number of carbonyl (C=O) groups is 2. The minimum Gasteiger partial charge on any atom is -0.507 e. The van der Waals surface area contributed by atoms with Gasteiger partial charge in [0.15, 0.2) is 0 Å². The predicted molar refractivity (Wildman–Crippen MR) is 128 cm³/mol. The van der Waals surface area contributed by atoms with Crippen LogP contribution in [0.3, 0.4) is 0 Å². The molecule has 1 saturated heterocycles. The molecule has 0 bridgehead atoms. The number of nitrogens with zero attached hydrogens (tertiary/aromatic N) is 1. The van der Waals surface area contributed by atoms with Crippen LogP contribution < -0.4 is 9.47 Å². The molecule has 0 aliphatic carbocycles. The van der Waals surface area contributed by atoms with E-state index in [1.165, 1.54) is 4.90 Å². The second-order valence-corrected chi connectivity index (χ2v) is 8.71. The number of benzene rings is 2. The SMILES string of the molecule is CCCCOc1cccc([C@@H]2C(=C(O)c3ccc4c(c3)C[C@H](C)O4)C(=O)C(=O)N2CCOC)c1. The van der Waals surface area contributed by atoms with Gasteiger partial charge < -0.3 is 24.2 Å². The van der Waals surface area contributed by atoms with Crippen molar-refractivity contribution in [3.63, 3.8) is 0 Å². The van der Waals surface area contributed by atoms with E-state index < -0.39 is 17.7 Å². The van der Waals surface area contributed by atoms with Crippen molar-refractivity contribution in [3.8, 4) is 11.5 Å². The molecule has 34 heavy (non-hydrogen) atoms. The third kappa shape index (κ3) is 4.66. The Morgan fingerprint density at radius 2 is 2.00 bits per heavy atom. The summed E-state index contributed by atoms with van der Waals surface area (Å²) >= 11 is 0. The highest BCUT2D eigenvalue weighted by Gasteiger charge is 2.46. The molecule has 0 spiro atoms. The number of rotatable bonds is 9. The fraction of sp³-hybridized carbons (Fsp3) is 0.407. The average molecular weight is 466 g/mol. The van der Waals surface area contributed by atoms with Gasteiger partial charge in [-0.2, -0.15) is 0 Å². The van der Waals surface area contributed by atoms with E-state index in [2.05, 4.69) is 6.92 Å². The van der Waals surface area contributed by atoms with Crippen molar-refractivity contribution in [2.24, 2.45) is 0 Å². The quantitative estimate of drug-likeness (QED) is 0.258. The summed E-state index contributed by atoms with van der Waals surface area (Å²) in [7, 11) is 1.54. The molecule has 0 saturated carbocycles. The summed E-state index contributed by atoms with van der Waals surface area (Å²) in [5.74, 6) is -0.118. The molecule has 4 rings (SSSR count). The van der Waals surface area contributed by atoms with Crippen LogP contribution in [0, 0.1) is 0 Å². The molecular formula is C27H31NO6. The average Bonchev–Trinajstić information content (AvgIpc) is 3.33. The zero-order chi connectivity index (χ0) is 24.2. The highest BCUT2D eigenvalue weighted by molar-refractivity contribution is 6.46. The van der Waals surface area contributed by atoms with Crippen LogP contribution in [0.15, 0.2) is 48.0 Å². The number of aliphatic hydroxyl groups excluding tert-OH is 1. The number of aliphatic hydroxyl groups is 1. The lowest BCUT2D eigenvalue weighted by molar-refractivity contribution is -0.140. The zero-order valence-electron chi connectivity index (χ0n) is 19.9. The minimum atomic E-state index is -0.742. The van der Waals surface area contributed by atoms with E-state index in [1.807, 2.05) is 37.3 Å². The van der Waals surface area contributed by atoms with Crippen molar-refractivity contribution in [3.05, 3.63) is 64.7 Å². The second kappa shape index (κ2) is 10.3. The van der Waals surface area contributed by atoms with Crippen LogP contribution in [0.5, 0.6) is 11.5 Å². The molecule has 7 nitrogen and oxygen atoms in total. The zero-order valence-corrected chi connectivity index (χ0v) is 19.9. The van der Waals surface area contributed by atoms with Crippen LogP contribution in [0.2, 0.25) is 0 Å². The first-order chi connectivity index (χ1) is 16.4. The van der Waals surface area contributed by atoms with Gasteiger partial charge in [0.05, 0.1) is 24.8 Å². The van der Waals surface area contributed by atoms with Crippen LogP contribution in [-0.2, 0) is 20.7 Å². The maximum absolute atomic E-state index is 13.2. The number of hydrogen-bond donors (Lipinski definition) is 1. The first kappa shape index (κ1) is 23.8. The number of ketones is 1. The standard InChI is InChI=1S/C27H31NO6/c1-4-5-12-33-21-8-6-7-18(16-21)24-23(26(30)27(31)28(24)11-13-32-3)25(29)19-9-10-22-20(15-19)14-17(2)34-22/h6-10,15-17,24,29H,4-5,11-14H2,1-3H3/t17-,24+/m0/s1. The van der Waals surface area contributed by atoms with Gasteiger partial charge in [-0.3, -0.25) is 9.59 Å². The van der Waals surface area contributed by atoms with E-state index in [0.717, 1.165) is 30.6 Å². The number of methoxy groups -OCH3 is 1. The normalized spacial score (nSPS) is 21.0. The fourth-order valence-corrected chi connectivity index (χ4v) is 4.48. The second-order valence-electron chi connectivity index (χ2n) is 8.71. The summed E-state index contributed by atoms with van der Waals surface area (Å²) in [6, 6.07) is 12.0. The van der Waals surface area contributed by atoms with Crippen molar-refractivity contribution >= 4 is 17.4 Å². The minimum absolute atomic E-state index is 0.0578. The molecule has 2 aromatic rings. The Bertz CT molecular complexity index is 1110. The van der Waals surface area contributed by atoms with Gasteiger partial charge in [-0.1, -0.05) is 25.5 Å². The highest BCUT2D eigenvalue weighted by atomic mass is 16.5. The predicted octanol–water partition coefficient (Wildman–Crippen LogP) is 4.26. The van der Waals surface area contributed by atoms with Gasteiger partial charge in [-0.25, -0.2) is 0 Å². The molecule has 2 aliphatic heterocycles. The Kier molecular flexibility index (Phi) is 7.22. The largest absolute Gasteiger partial charge is 0.507 e. The number of hydrogen-bond acceptors (Lipinski definition) is 6. The summed E-state index contributed by atoms with van der Waals surface area (Å²) in [4.78, 5) is 27.6. The van der Waals surface area contributed by atoms with Gasteiger partial charge in [0, 0.05) is 25.6 Å². The molecule has 2 aliphatic rings. The lowest BCUT2D eigenvalue weighted by Gasteiger charge is -2.25. The van der Waals surface area contributed by atoms with Crippen LogP contribution in [0.1, 0.15) is 49.4 Å². The van der Waals surface area contributed by atoms with Crippen LogP contribution in [0.4, 0.5) is 0 Å². The van der Waals surface area contributed by atoms with E-state index in [4.69, 9.17) is 14.2 Å². The maximum atomic E-state index is 13.2. The van der Waals surface area contributed by atoms with Crippen LogP contribution in [0.25, 0.3) is 5.76 Å². The first-order valence-electron chi connectivity index (χ1n) is 11.7. The maximum Gasteiger partial charge on any atom is 0.295 e. The van der Waals surface area contributed by atoms with Gasteiger partial charge in [0.2, 0.25) is 0 Å². The smallest absolute Gasteiger partial charge is 0.295 e. The monoisotopic (exact) mass is 465 g/mol. The van der Waals surface area contributed by atoms with Gasteiger partial charge >= 0.3 is 0 Å². The lowest BCUT2D eigenvalue weighted by Crippen LogP contribution is -2.32. The third-order valence-electron chi connectivity index (χ3n) is 6.19. The summed E-state index contributed by atoms with van der Waals surface area (Å²) in [5, 5.41) is 11.3. The number of fused-ring (bicyclic) bond motifs is 1. The highest BCUT2D eigenvalue weighted by Crippen LogP contribution is 2.41. The van der Waals surface area contributed by atoms with E-state index in [0.29, 0.717) is 23.5 Å². The molecule has 0 unspecified atom stereocenters. The molecule has 1 fully saturated rings. The molecule has 2 heterocycles. The Morgan fingerprint density at radius 1 is 1.18 bits per heavy atom. The first-order valence-corrected chi connectivity index (χ1v) is 11.7. The Hall–Kier alpha value is -3.32. The Labute approximate surface area is 199 Å². The third-order valence-corrected chi connectivity index (χ3v) is 6.19. The van der Waals surface area contributed by atoms with Crippen molar-refractivity contribution < 1.29 is 28.9 Å². The number of unbranched alkanes of at least 4 members (excludes halogenated alkanes) is 1. The van der Waals surface area contributed by atoms with E-state index in [9.17, 15) is 14.7 Å². The number of carbonyl (C=O) groups excluding carboxylic acids is 2. The van der Waals surface area contributed by atoms with Crippen molar-refractivity contribution in [2.75, 3.05) is 26.9 Å². The lowest BCUT2D eigenvalue weighted by atomic mass is 9.94. The van der Waals surface area contributed by atoms with Gasteiger partial charge in [0.1, 0.15) is 23.4 Å². The molecule has 2 atom stereocenters. The van der Waals surface area contributed by atoms with Gasteiger partial charge in [-0.05, 0) is 54.8 Å². The van der Waals surface area contributed by atoms with E-state index in [-0.39, 0.29) is 30.6 Å². The number of likely N-dealkylation sites (tertiary alicyclic amines) is 1. The summed E-state index contributed by atoms with van der Waals surface area (Å²) in [5.41, 5.74) is 2.22. The van der Waals surface area contributed by atoms with Crippen LogP contribution >= 0.6 is 0 Å². The summed E-state index contributed by atoms with van der Waals surface area (Å²) < 4.78 is 16.8. The molecule has 0 radical (unpaired) electrons. The topological polar surface area (TPSA) is 85.3 Å². The number of amides is 1. The summed E-state index contributed by atoms with van der Waals surface area (Å²) in [6.07, 6.45) is 2.72. The molecular weight excluding hydrogens is 434 g/mol. The molecule has 0 aromatic heterocycles. The molecule has 7 heteroatoms.